The van der Waals surface area contributed by atoms with Gasteiger partial charge in [0.15, 0.2) is 0 Å². The van der Waals surface area contributed by atoms with Crippen molar-refractivity contribution < 1.29 is 9.53 Å². The molecule has 0 amide bonds. The van der Waals surface area contributed by atoms with Gasteiger partial charge in [-0.2, -0.15) is 0 Å². The first-order valence-electron chi connectivity index (χ1n) is 13.9. The van der Waals surface area contributed by atoms with Crippen molar-refractivity contribution in [2.24, 2.45) is 5.92 Å². The largest absolute Gasteiger partial charge is 0.465 e. The predicted molar refractivity (Wildman–Crippen MR) is 133 cm³/mol. The third-order valence-corrected chi connectivity index (χ3v) is 6.40. The van der Waals surface area contributed by atoms with Gasteiger partial charge >= 0.3 is 5.97 Å². The summed E-state index contributed by atoms with van der Waals surface area (Å²) < 4.78 is 5.69. The van der Waals surface area contributed by atoms with Crippen molar-refractivity contribution in [3.8, 4) is 0 Å². The van der Waals surface area contributed by atoms with Crippen LogP contribution >= 0.6 is 0 Å². The smallest absolute Gasteiger partial charge is 0.305 e. The quantitative estimate of drug-likeness (QED) is 0.114. The van der Waals surface area contributed by atoms with Crippen molar-refractivity contribution in [2.45, 2.75) is 162 Å². The average Bonchev–Trinajstić information content (AvgIpc) is 2.75. The molecule has 0 aromatic carbocycles. The van der Waals surface area contributed by atoms with Crippen LogP contribution in [0, 0.1) is 5.92 Å². The van der Waals surface area contributed by atoms with E-state index in [0.29, 0.717) is 18.9 Å². The third kappa shape index (κ3) is 22.2. The van der Waals surface area contributed by atoms with E-state index in [1.54, 1.807) is 0 Å². The summed E-state index contributed by atoms with van der Waals surface area (Å²) in [7, 11) is 0. The fourth-order valence-corrected chi connectivity index (χ4v) is 4.25. The first kappa shape index (κ1) is 29.5. The normalized spacial score (nSPS) is 12.2. The van der Waals surface area contributed by atoms with Crippen LogP contribution in [0.15, 0.2) is 0 Å². The monoisotopic (exact) mass is 424 g/mol. The summed E-state index contributed by atoms with van der Waals surface area (Å²) in [6.07, 6.45) is 28.1. The highest BCUT2D eigenvalue weighted by atomic mass is 16.5. The van der Waals surface area contributed by atoms with Crippen LogP contribution in [0.5, 0.6) is 0 Å². The van der Waals surface area contributed by atoms with E-state index in [-0.39, 0.29) is 5.97 Å². The minimum absolute atomic E-state index is 0.0412. The lowest BCUT2D eigenvalue weighted by Gasteiger charge is -2.17. The average molecular weight is 425 g/mol. The lowest BCUT2D eigenvalue weighted by atomic mass is 9.95. The van der Waals surface area contributed by atoms with Crippen molar-refractivity contribution in [1.29, 1.82) is 0 Å². The number of carbonyl (C=O) groups excluding carboxylic acids is 1. The first-order chi connectivity index (χ1) is 14.7. The molecule has 0 rings (SSSR count). The number of hydrogen-bond donors (Lipinski definition) is 0. The molecule has 0 aromatic heterocycles. The van der Waals surface area contributed by atoms with Gasteiger partial charge in [-0.1, -0.05) is 136 Å². The second-order valence-electron chi connectivity index (χ2n) is 9.53. The van der Waals surface area contributed by atoms with E-state index >= 15 is 0 Å². The molecule has 0 aromatic rings. The molecule has 2 heteroatoms. The van der Waals surface area contributed by atoms with E-state index in [1.807, 2.05) is 0 Å². The van der Waals surface area contributed by atoms with E-state index in [4.69, 9.17) is 4.74 Å². The zero-order valence-electron chi connectivity index (χ0n) is 21.2. The molecule has 0 fully saturated rings. The minimum Gasteiger partial charge on any atom is -0.465 e. The van der Waals surface area contributed by atoms with Gasteiger partial charge in [-0.3, -0.25) is 4.79 Å². The Kier molecular flexibility index (Phi) is 24.3. The summed E-state index contributed by atoms with van der Waals surface area (Å²) in [5, 5.41) is 0. The Balaban J connectivity index is 3.82. The van der Waals surface area contributed by atoms with Crippen molar-refractivity contribution in [3.63, 3.8) is 0 Å². The molecule has 0 saturated carbocycles. The molecule has 0 aliphatic heterocycles. The molecule has 2 nitrogen and oxygen atoms in total. The Bertz CT molecular complexity index is 340. The number of ether oxygens (including phenoxy) is 1. The number of unbranched alkanes of at least 4 members (excludes halogenated alkanes) is 16. The Hall–Kier alpha value is -0.530. The molecule has 1 atom stereocenters. The van der Waals surface area contributed by atoms with Gasteiger partial charge in [-0.05, 0) is 25.2 Å². The Labute approximate surface area is 190 Å². The molecule has 30 heavy (non-hydrogen) atoms. The van der Waals surface area contributed by atoms with Crippen LogP contribution in [0.4, 0.5) is 0 Å². The number of esters is 1. The Morgan fingerprint density at radius 2 is 0.900 bits per heavy atom. The van der Waals surface area contributed by atoms with Gasteiger partial charge in [0.1, 0.15) is 0 Å². The summed E-state index contributed by atoms with van der Waals surface area (Å²) >= 11 is 0. The van der Waals surface area contributed by atoms with Gasteiger partial charge in [0.2, 0.25) is 0 Å². The topological polar surface area (TPSA) is 26.3 Å². The van der Waals surface area contributed by atoms with Crippen LogP contribution in [0.25, 0.3) is 0 Å². The fraction of sp³-hybridized carbons (Fsp3) is 0.964. The standard InChI is InChI=1S/C28H56O2/c1-4-7-10-13-15-16-17-19-22-25-28(29)30-26-27(23-20-12-9-6-3)24-21-18-14-11-8-5-2/h27H,4-26H2,1-3H3. The zero-order chi connectivity index (χ0) is 22.1. The molecule has 0 bridgehead atoms. The van der Waals surface area contributed by atoms with E-state index in [0.717, 1.165) is 6.42 Å². The summed E-state index contributed by atoms with van der Waals surface area (Å²) in [5.41, 5.74) is 0. The maximum absolute atomic E-state index is 12.2. The maximum Gasteiger partial charge on any atom is 0.305 e. The Morgan fingerprint density at radius 1 is 0.533 bits per heavy atom. The first-order valence-corrected chi connectivity index (χ1v) is 13.9. The summed E-state index contributed by atoms with van der Waals surface area (Å²) in [4.78, 5) is 12.2. The van der Waals surface area contributed by atoms with Crippen molar-refractivity contribution >= 4 is 5.97 Å². The highest BCUT2D eigenvalue weighted by Crippen LogP contribution is 2.20. The van der Waals surface area contributed by atoms with Gasteiger partial charge in [0, 0.05) is 6.42 Å². The molecule has 0 saturated heterocycles. The van der Waals surface area contributed by atoms with Gasteiger partial charge in [-0.25, -0.2) is 0 Å². The molecule has 0 heterocycles. The van der Waals surface area contributed by atoms with E-state index < -0.39 is 0 Å². The molecule has 0 N–H and O–H groups in total. The van der Waals surface area contributed by atoms with E-state index in [9.17, 15) is 4.79 Å². The van der Waals surface area contributed by atoms with Crippen LogP contribution in [-0.4, -0.2) is 12.6 Å². The van der Waals surface area contributed by atoms with Crippen molar-refractivity contribution in [3.05, 3.63) is 0 Å². The number of rotatable bonds is 24. The van der Waals surface area contributed by atoms with Crippen LogP contribution in [0.2, 0.25) is 0 Å². The van der Waals surface area contributed by atoms with Crippen LogP contribution < -0.4 is 0 Å². The van der Waals surface area contributed by atoms with Crippen LogP contribution in [0.3, 0.4) is 0 Å². The van der Waals surface area contributed by atoms with Gasteiger partial charge in [0.25, 0.3) is 0 Å². The van der Waals surface area contributed by atoms with E-state index in [2.05, 4.69) is 20.8 Å². The van der Waals surface area contributed by atoms with Crippen LogP contribution in [0.1, 0.15) is 162 Å². The molecule has 0 aliphatic rings. The highest BCUT2D eigenvalue weighted by molar-refractivity contribution is 5.69. The molecular weight excluding hydrogens is 368 g/mol. The van der Waals surface area contributed by atoms with E-state index in [1.165, 1.54) is 128 Å². The SMILES string of the molecule is CCCCCCCCCCCC(=O)OCC(CCCCCC)CCCCCCCC. The summed E-state index contributed by atoms with van der Waals surface area (Å²) in [6.45, 7) is 7.47. The molecule has 0 aliphatic carbocycles. The summed E-state index contributed by atoms with van der Waals surface area (Å²) in [5.74, 6) is 0.625. The van der Waals surface area contributed by atoms with Crippen molar-refractivity contribution in [1.82, 2.24) is 0 Å². The van der Waals surface area contributed by atoms with Gasteiger partial charge < -0.3 is 4.74 Å². The van der Waals surface area contributed by atoms with Crippen molar-refractivity contribution in [2.75, 3.05) is 6.61 Å². The molecule has 0 radical (unpaired) electrons. The summed E-state index contributed by atoms with van der Waals surface area (Å²) in [6, 6.07) is 0. The second-order valence-corrected chi connectivity index (χ2v) is 9.53. The Morgan fingerprint density at radius 3 is 1.37 bits per heavy atom. The molecule has 180 valence electrons. The lowest BCUT2D eigenvalue weighted by molar-refractivity contribution is -0.145. The second kappa shape index (κ2) is 24.7. The lowest BCUT2D eigenvalue weighted by Crippen LogP contribution is -2.14. The highest BCUT2D eigenvalue weighted by Gasteiger charge is 2.12. The predicted octanol–water partition coefficient (Wildman–Crippen LogP) is 9.79. The van der Waals surface area contributed by atoms with Gasteiger partial charge in [0.05, 0.1) is 6.61 Å². The number of hydrogen-bond acceptors (Lipinski definition) is 2. The fourth-order valence-electron chi connectivity index (χ4n) is 4.25. The maximum atomic E-state index is 12.2. The number of carbonyl (C=O) groups is 1. The molecule has 0 spiro atoms. The molecular formula is C28H56O2. The zero-order valence-corrected chi connectivity index (χ0v) is 21.2. The molecule has 1 unspecified atom stereocenters. The van der Waals surface area contributed by atoms with Gasteiger partial charge in [-0.15, -0.1) is 0 Å². The minimum atomic E-state index is 0.0412. The van der Waals surface area contributed by atoms with Crippen LogP contribution in [-0.2, 0) is 9.53 Å². The third-order valence-electron chi connectivity index (χ3n) is 6.40.